The van der Waals surface area contributed by atoms with Crippen molar-refractivity contribution in [3.63, 3.8) is 0 Å². The van der Waals surface area contributed by atoms with Crippen molar-refractivity contribution in [3.05, 3.63) is 29.7 Å². The van der Waals surface area contributed by atoms with Crippen molar-refractivity contribution in [2.45, 2.75) is 45.6 Å². The molecule has 3 rings (SSSR count). The standard InChI is InChI=1S/C16H20N4O2/c1-3-14(21)13-6-4-5-8-19(13)16(22)12-10-17-20-9-7-11(2)18-15(12)20/h7,9-10,13H,3-6,8H2,1-2H3/t13-/m0/s1. The van der Waals surface area contributed by atoms with Crippen LogP contribution in [-0.2, 0) is 4.79 Å². The van der Waals surface area contributed by atoms with Crippen molar-refractivity contribution >= 4 is 17.3 Å². The van der Waals surface area contributed by atoms with Crippen LogP contribution in [0.2, 0.25) is 0 Å². The predicted octanol–water partition coefficient (Wildman–Crippen LogP) is 2.01. The summed E-state index contributed by atoms with van der Waals surface area (Å²) in [5.41, 5.74) is 1.86. The number of amides is 1. The van der Waals surface area contributed by atoms with Crippen LogP contribution in [0.4, 0.5) is 0 Å². The highest BCUT2D eigenvalue weighted by molar-refractivity contribution is 6.02. The normalized spacial score (nSPS) is 18.6. The van der Waals surface area contributed by atoms with Crippen molar-refractivity contribution in [1.29, 1.82) is 0 Å². The van der Waals surface area contributed by atoms with E-state index in [1.165, 1.54) is 0 Å². The second kappa shape index (κ2) is 5.87. The summed E-state index contributed by atoms with van der Waals surface area (Å²) in [6, 6.07) is 1.55. The van der Waals surface area contributed by atoms with Crippen LogP contribution in [0.1, 0.15) is 48.7 Å². The fraction of sp³-hybridized carbons (Fsp3) is 0.500. The molecule has 1 aliphatic rings. The van der Waals surface area contributed by atoms with Crippen molar-refractivity contribution in [2.24, 2.45) is 0 Å². The van der Waals surface area contributed by atoms with Gasteiger partial charge < -0.3 is 4.90 Å². The lowest BCUT2D eigenvalue weighted by molar-refractivity contribution is -0.124. The van der Waals surface area contributed by atoms with Gasteiger partial charge in [-0.25, -0.2) is 9.50 Å². The molecular formula is C16H20N4O2. The Morgan fingerprint density at radius 1 is 1.36 bits per heavy atom. The van der Waals surface area contributed by atoms with Crippen molar-refractivity contribution in [2.75, 3.05) is 6.54 Å². The molecule has 0 radical (unpaired) electrons. The number of ketones is 1. The number of aryl methyl sites for hydroxylation is 1. The van der Waals surface area contributed by atoms with Gasteiger partial charge in [0.2, 0.25) is 0 Å². The highest BCUT2D eigenvalue weighted by Gasteiger charge is 2.32. The Hall–Kier alpha value is -2.24. The lowest BCUT2D eigenvalue weighted by atomic mass is 9.96. The van der Waals surface area contributed by atoms with E-state index in [0.29, 0.717) is 24.2 Å². The highest BCUT2D eigenvalue weighted by Crippen LogP contribution is 2.22. The van der Waals surface area contributed by atoms with Gasteiger partial charge in [0.1, 0.15) is 5.56 Å². The fourth-order valence-corrected chi connectivity index (χ4v) is 3.01. The maximum atomic E-state index is 12.9. The Kier molecular flexibility index (Phi) is 3.92. The molecule has 6 nitrogen and oxygen atoms in total. The summed E-state index contributed by atoms with van der Waals surface area (Å²) in [5.74, 6) is -0.00624. The molecule has 0 saturated carbocycles. The quantitative estimate of drug-likeness (QED) is 0.869. The third-order valence-electron chi connectivity index (χ3n) is 4.22. The van der Waals surface area contributed by atoms with E-state index in [-0.39, 0.29) is 17.7 Å². The summed E-state index contributed by atoms with van der Waals surface area (Å²) >= 11 is 0. The molecule has 2 aromatic rings. The summed E-state index contributed by atoms with van der Waals surface area (Å²) in [6.07, 6.45) is 6.48. The summed E-state index contributed by atoms with van der Waals surface area (Å²) < 4.78 is 1.60. The second-order valence-electron chi connectivity index (χ2n) is 5.73. The van der Waals surface area contributed by atoms with E-state index in [2.05, 4.69) is 10.1 Å². The molecule has 1 fully saturated rings. The molecule has 0 spiro atoms. The SMILES string of the molecule is CCC(=O)[C@@H]1CCCCN1C(=O)c1cnn2ccc(C)nc12. The molecule has 1 saturated heterocycles. The molecule has 2 aromatic heterocycles. The molecule has 1 amide bonds. The molecule has 22 heavy (non-hydrogen) atoms. The van der Waals surface area contributed by atoms with Gasteiger partial charge in [-0.3, -0.25) is 9.59 Å². The fourth-order valence-electron chi connectivity index (χ4n) is 3.01. The van der Waals surface area contributed by atoms with Crippen LogP contribution in [0.5, 0.6) is 0 Å². The van der Waals surface area contributed by atoms with Gasteiger partial charge in [0.05, 0.1) is 12.2 Å². The minimum atomic E-state index is -0.300. The Balaban J connectivity index is 1.97. The van der Waals surface area contributed by atoms with E-state index in [4.69, 9.17) is 0 Å². The highest BCUT2D eigenvalue weighted by atomic mass is 16.2. The van der Waals surface area contributed by atoms with Crippen molar-refractivity contribution in [1.82, 2.24) is 19.5 Å². The Labute approximate surface area is 129 Å². The number of aromatic nitrogens is 3. The predicted molar refractivity (Wildman–Crippen MR) is 81.7 cm³/mol. The van der Waals surface area contributed by atoms with E-state index >= 15 is 0 Å². The number of Topliss-reactive ketones (excluding diaryl/α,β-unsaturated/α-hetero) is 1. The van der Waals surface area contributed by atoms with Crippen molar-refractivity contribution < 1.29 is 9.59 Å². The number of rotatable bonds is 3. The van der Waals surface area contributed by atoms with Crippen LogP contribution in [0, 0.1) is 6.92 Å². The van der Waals surface area contributed by atoms with Gasteiger partial charge in [-0.2, -0.15) is 5.10 Å². The lowest BCUT2D eigenvalue weighted by Gasteiger charge is -2.34. The zero-order valence-corrected chi connectivity index (χ0v) is 13.0. The van der Waals surface area contributed by atoms with Gasteiger partial charge >= 0.3 is 0 Å². The molecule has 0 aliphatic carbocycles. The molecule has 116 valence electrons. The molecule has 0 bridgehead atoms. The van der Waals surface area contributed by atoms with E-state index in [1.54, 1.807) is 21.8 Å². The third-order valence-corrected chi connectivity index (χ3v) is 4.22. The van der Waals surface area contributed by atoms with E-state index in [0.717, 1.165) is 25.0 Å². The zero-order valence-electron chi connectivity index (χ0n) is 13.0. The number of nitrogens with zero attached hydrogens (tertiary/aromatic N) is 4. The topological polar surface area (TPSA) is 67.6 Å². The van der Waals surface area contributed by atoms with Gasteiger partial charge in [0, 0.05) is 24.9 Å². The second-order valence-corrected chi connectivity index (χ2v) is 5.73. The number of carbonyl (C=O) groups excluding carboxylic acids is 2. The number of carbonyl (C=O) groups is 2. The third kappa shape index (κ3) is 2.49. The first-order valence-corrected chi connectivity index (χ1v) is 7.76. The number of hydrogen-bond donors (Lipinski definition) is 0. The monoisotopic (exact) mass is 300 g/mol. The average molecular weight is 300 g/mol. The number of hydrogen-bond acceptors (Lipinski definition) is 4. The molecule has 0 unspecified atom stereocenters. The Morgan fingerprint density at radius 3 is 2.95 bits per heavy atom. The summed E-state index contributed by atoms with van der Waals surface area (Å²) in [6.45, 7) is 4.35. The van der Waals surface area contributed by atoms with Gasteiger partial charge in [0.15, 0.2) is 11.4 Å². The molecular weight excluding hydrogens is 280 g/mol. The van der Waals surface area contributed by atoms with Crippen LogP contribution in [0.25, 0.3) is 5.65 Å². The smallest absolute Gasteiger partial charge is 0.259 e. The maximum Gasteiger partial charge on any atom is 0.259 e. The minimum absolute atomic E-state index is 0.133. The van der Waals surface area contributed by atoms with E-state index in [9.17, 15) is 9.59 Å². The van der Waals surface area contributed by atoms with Crippen molar-refractivity contribution in [3.8, 4) is 0 Å². The Morgan fingerprint density at radius 2 is 2.18 bits per heavy atom. The first-order chi connectivity index (χ1) is 10.6. The summed E-state index contributed by atoms with van der Waals surface area (Å²) in [7, 11) is 0. The van der Waals surface area contributed by atoms with E-state index < -0.39 is 0 Å². The van der Waals surface area contributed by atoms with Crippen LogP contribution >= 0.6 is 0 Å². The summed E-state index contributed by atoms with van der Waals surface area (Å²) in [5, 5.41) is 4.19. The van der Waals surface area contributed by atoms with Gasteiger partial charge in [-0.15, -0.1) is 0 Å². The zero-order chi connectivity index (χ0) is 15.7. The van der Waals surface area contributed by atoms with Crippen LogP contribution in [-0.4, -0.2) is 43.8 Å². The molecule has 3 heterocycles. The number of piperidine rings is 1. The van der Waals surface area contributed by atoms with Crippen LogP contribution in [0.15, 0.2) is 18.5 Å². The van der Waals surface area contributed by atoms with Gasteiger partial charge in [0.25, 0.3) is 5.91 Å². The number of fused-ring (bicyclic) bond motifs is 1. The molecule has 0 aromatic carbocycles. The first kappa shape index (κ1) is 14.7. The van der Waals surface area contributed by atoms with Gasteiger partial charge in [-0.05, 0) is 32.3 Å². The van der Waals surface area contributed by atoms with E-state index in [1.807, 2.05) is 19.9 Å². The first-order valence-electron chi connectivity index (χ1n) is 7.76. The maximum absolute atomic E-state index is 12.9. The molecule has 6 heteroatoms. The molecule has 1 atom stereocenters. The molecule has 1 aliphatic heterocycles. The van der Waals surface area contributed by atoms with Gasteiger partial charge in [-0.1, -0.05) is 6.92 Å². The summed E-state index contributed by atoms with van der Waals surface area (Å²) in [4.78, 5) is 31.2. The van der Waals surface area contributed by atoms with Crippen LogP contribution in [0.3, 0.4) is 0 Å². The Bertz CT molecular complexity index is 722. The minimum Gasteiger partial charge on any atom is -0.328 e. The molecule has 0 N–H and O–H groups in total. The number of likely N-dealkylation sites (tertiary alicyclic amines) is 1. The largest absolute Gasteiger partial charge is 0.328 e. The lowest BCUT2D eigenvalue weighted by Crippen LogP contribution is -2.47. The average Bonchev–Trinajstić information content (AvgIpc) is 2.96. The van der Waals surface area contributed by atoms with Crippen LogP contribution < -0.4 is 0 Å².